The van der Waals surface area contributed by atoms with Crippen LogP contribution in [-0.2, 0) is 13.0 Å². The van der Waals surface area contributed by atoms with Gasteiger partial charge in [-0.3, -0.25) is 4.98 Å². The highest BCUT2D eigenvalue weighted by Gasteiger charge is 2.12. The number of ether oxygens (including phenoxy) is 1. The lowest BCUT2D eigenvalue weighted by Gasteiger charge is -2.13. The lowest BCUT2D eigenvalue weighted by atomic mass is 10.1. The minimum Gasteiger partial charge on any atom is -0.471 e. The van der Waals surface area contributed by atoms with Crippen molar-refractivity contribution in [1.82, 2.24) is 9.97 Å². The van der Waals surface area contributed by atoms with Crippen LogP contribution in [0.1, 0.15) is 36.5 Å². The molecule has 0 aliphatic carbocycles. The molecule has 0 unspecified atom stereocenters. The molecule has 1 heterocycles. The van der Waals surface area contributed by atoms with Gasteiger partial charge in [-0.05, 0) is 31.7 Å². The Balaban J connectivity index is 2.19. The molecule has 0 aliphatic rings. The molecular weight excluding hydrogens is 248 g/mol. The van der Waals surface area contributed by atoms with Crippen molar-refractivity contribution in [3.05, 3.63) is 53.0 Å². The SMILES string of the molecule is Cc1nc(CC(C)C)c(OCc2ccccc2)nc1C. The van der Waals surface area contributed by atoms with Gasteiger partial charge in [0.1, 0.15) is 12.3 Å². The summed E-state index contributed by atoms with van der Waals surface area (Å²) in [6.07, 6.45) is 0.887. The first-order valence-corrected chi connectivity index (χ1v) is 7.07. The van der Waals surface area contributed by atoms with E-state index < -0.39 is 0 Å². The van der Waals surface area contributed by atoms with Crippen molar-refractivity contribution in [3.63, 3.8) is 0 Å². The molecule has 0 amide bonds. The second kappa shape index (κ2) is 6.51. The molecule has 1 aromatic heterocycles. The highest BCUT2D eigenvalue weighted by Crippen LogP contribution is 2.20. The molecule has 0 fully saturated rings. The first-order chi connectivity index (χ1) is 9.56. The smallest absolute Gasteiger partial charge is 0.236 e. The molecule has 2 rings (SSSR count). The van der Waals surface area contributed by atoms with Crippen LogP contribution in [0.25, 0.3) is 0 Å². The second-order valence-electron chi connectivity index (χ2n) is 5.52. The van der Waals surface area contributed by atoms with Crippen molar-refractivity contribution in [2.75, 3.05) is 0 Å². The standard InChI is InChI=1S/C17H22N2O/c1-12(2)10-16-17(19-14(4)13(3)18-16)20-11-15-8-6-5-7-9-15/h5-9,12H,10-11H2,1-4H3. The van der Waals surface area contributed by atoms with Gasteiger partial charge in [0.05, 0.1) is 11.4 Å². The van der Waals surface area contributed by atoms with Crippen LogP contribution in [0, 0.1) is 19.8 Å². The van der Waals surface area contributed by atoms with Crippen LogP contribution >= 0.6 is 0 Å². The van der Waals surface area contributed by atoms with E-state index in [1.807, 2.05) is 32.0 Å². The maximum Gasteiger partial charge on any atom is 0.236 e. The lowest BCUT2D eigenvalue weighted by Crippen LogP contribution is -2.08. The van der Waals surface area contributed by atoms with Crippen LogP contribution in [0.5, 0.6) is 5.88 Å². The van der Waals surface area contributed by atoms with Gasteiger partial charge in [0.15, 0.2) is 0 Å². The molecule has 3 nitrogen and oxygen atoms in total. The number of aromatic nitrogens is 2. The van der Waals surface area contributed by atoms with Gasteiger partial charge in [-0.2, -0.15) is 0 Å². The fraction of sp³-hybridized carbons (Fsp3) is 0.412. The number of hydrogen-bond acceptors (Lipinski definition) is 3. The van der Waals surface area contributed by atoms with E-state index in [4.69, 9.17) is 4.74 Å². The van der Waals surface area contributed by atoms with E-state index in [1.54, 1.807) is 0 Å². The minimum atomic E-state index is 0.531. The molecule has 3 heteroatoms. The number of rotatable bonds is 5. The first-order valence-electron chi connectivity index (χ1n) is 7.07. The fourth-order valence-electron chi connectivity index (χ4n) is 1.99. The third-order valence-electron chi connectivity index (χ3n) is 3.16. The predicted octanol–water partition coefficient (Wildman–Crippen LogP) is 3.87. The summed E-state index contributed by atoms with van der Waals surface area (Å²) in [6.45, 7) is 8.85. The summed E-state index contributed by atoms with van der Waals surface area (Å²) in [5, 5.41) is 0. The maximum absolute atomic E-state index is 5.89. The highest BCUT2D eigenvalue weighted by atomic mass is 16.5. The number of aryl methyl sites for hydroxylation is 2. The molecule has 0 aliphatic heterocycles. The number of benzene rings is 1. The Morgan fingerprint density at radius 2 is 1.65 bits per heavy atom. The monoisotopic (exact) mass is 270 g/mol. The quantitative estimate of drug-likeness (QED) is 0.827. The zero-order chi connectivity index (χ0) is 14.5. The van der Waals surface area contributed by atoms with Crippen molar-refractivity contribution in [2.24, 2.45) is 5.92 Å². The zero-order valence-electron chi connectivity index (χ0n) is 12.7. The van der Waals surface area contributed by atoms with Crippen LogP contribution < -0.4 is 4.74 Å². The van der Waals surface area contributed by atoms with Crippen molar-refractivity contribution in [3.8, 4) is 5.88 Å². The molecule has 1 aromatic carbocycles. The van der Waals surface area contributed by atoms with E-state index in [1.165, 1.54) is 0 Å². The van der Waals surface area contributed by atoms with E-state index in [0.717, 1.165) is 29.1 Å². The zero-order valence-corrected chi connectivity index (χ0v) is 12.7. The summed E-state index contributed by atoms with van der Waals surface area (Å²) >= 11 is 0. The molecule has 0 saturated carbocycles. The Morgan fingerprint density at radius 3 is 2.30 bits per heavy atom. The Hall–Kier alpha value is -1.90. The molecular formula is C17H22N2O. The van der Waals surface area contributed by atoms with Crippen LogP contribution in [-0.4, -0.2) is 9.97 Å². The van der Waals surface area contributed by atoms with E-state index in [0.29, 0.717) is 18.4 Å². The molecule has 0 bridgehead atoms. The third kappa shape index (κ3) is 3.80. The van der Waals surface area contributed by atoms with Crippen LogP contribution in [0.2, 0.25) is 0 Å². The van der Waals surface area contributed by atoms with Gasteiger partial charge >= 0.3 is 0 Å². The number of nitrogens with zero attached hydrogens (tertiary/aromatic N) is 2. The summed E-state index contributed by atoms with van der Waals surface area (Å²) < 4.78 is 5.89. The van der Waals surface area contributed by atoms with E-state index in [-0.39, 0.29) is 0 Å². The minimum absolute atomic E-state index is 0.531. The van der Waals surface area contributed by atoms with E-state index >= 15 is 0 Å². The average Bonchev–Trinajstić information content (AvgIpc) is 2.42. The largest absolute Gasteiger partial charge is 0.471 e. The maximum atomic E-state index is 5.89. The molecule has 20 heavy (non-hydrogen) atoms. The van der Waals surface area contributed by atoms with Crippen LogP contribution in [0.4, 0.5) is 0 Å². The van der Waals surface area contributed by atoms with Gasteiger partial charge in [-0.15, -0.1) is 0 Å². The molecule has 0 saturated heterocycles. The molecule has 0 N–H and O–H groups in total. The summed E-state index contributed by atoms with van der Waals surface area (Å²) in [6, 6.07) is 10.1. The van der Waals surface area contributed by atoms with Gasteiger partial charge in [0.25, 0.3) is 0 Å². The summed E-state index contributed by atoms with van der Waals surface area (Å²) in [7, 11) is 0. The lowest BCUT2D eigenvalue weighted by molar-refractivity contribution is 0.286. The molecule has 106 valence electrons. The predicted molar refractivity (Wildman–Crippen MR) is 80.8 cm³/mol. The average molecular weight is 270 g/mol. The Bertz CT molecular complexity index is 565. The summed E-state index contributed by atoms with van der Waals surface area (Å²) in [5.41, 5.74) is 4.01. The van der Waals surface area contributed by atoms with Gasteiger partial charge in [0, 0.05) is 0 Å². The first kappa shape index (κ1) is 14.5. The van der Waals surface area contributed by atoms with Crippen molar-refractivity contribution >= 4 is 0 Å². The third-order valence-corrected chi connectivity index (χ3v) is 3.16. The van der Waals surface area contributed by atoms with Gasteiger partial charge in [-0.25, -0.2) is 4.98 Å². The van der Waals surface area contributed by atoms with Crippen molar-refractivity contribution < 1.29 is 4.74 Å². The summed E-state index contributed by atoms with van der Waals surface area (Å²) in [5.74, 6) is 1.20. The van der Waals surface area contributed by atoms with E-state index in [9.17, 15) is 0 Å². The summed E-state index contributed by atoms with van der Waals surface area (Å²) in [4.78, 5) is 9.19. The Morgan fingerprint density at radius 1 is 1.00 bits per heavy atom. The second-order valence-corrected chi connectivity index (χ2v) is 5.52. The molecule has 2 aromatic rings. The fourth-order valence-corrected chi connectivity index (χ4v) is 1.99. The van der Waals surface area contributed by atoms with Crippen molar-refractivity contribution in [1.29, 1.82) is 0 Å². The van der Waals surface area contributed by atoms with Gasteiger partial charge < -0.3 is 4.74 Å². The van der Waals surface area contributed by atoms with Crippen LogP contribution in [0.15, 0.2) is 30.3 Å². The van der Waals surface area contributed by atoms with Gasteiger partial charge in [0.2, 0.25) is 5.88 Å². The highest BCUT2D eigenvalue weighted by molar-refractivity contribution is 5.25. The number of hydrogen-bond donors (Lipinski definition) is 0. The van der Waals surface area contributed by atoms with Gasteiger partial charge in [-0.1, -0.05) is 44.2 Å². The Labute approximate surface area is 121 Å². The van der Waals surface area contributed by atoms with Crippen LogP contribution in [0.3, 0.4) is 0 Å². The van der Waals surface area contributed by atoms with E-state index in [2.05, 4.69) is 35.9 Å². The molecule has 0 spiro atoms. The normalized spacial score (nSPS) is 10.8. The molecule has 0 atom stereocenters. The Kier molecular flexibility index (Phi) is 4.72. The van der Waals surface area contributed by atoms with Crippen molar-refractivity contribution in [2.45, 2.75) is 40.7 Å². The topological polar surface area (TPSA) is 35.0 Å². The molecule has 0 radical (unpaired) electrons.